The largest absolute Gasteiger partial charge is 0.309 e. The van der Waals surface area contributed by atoms with Gasteiger partial charge in [-0.1, -0.05) is 127 Å². The number of hydrogen-bond acceptors (Lipinski definition) is 5. The Bertz CT molecular complexity index is 3470. The quantitative estimate of drug-likeness (QED) is 0.182. The normalized spacial score (nSPS) is 12.0. The summed E-state index contributed by atoms with van der Waals surface area (Å²) in [4.78, 5) is 21.2. The summed E-state index contributed by atoms with van der Waals surface area (Å²) >= 11 is 1.71. The van der Waals surface area contributed by atoms with Crippen LogP contribution in [0.2, 0.25) is 0 Å². The molecule has 0 saturated carbocycles. The Morgan fingerprint density at radius 3 is 1.85 bits per heavy atom. The Morgan fingerprint density at radius 1 is 0.455 bits per heavy atom. The highest BCUT2D eigenvalue weighted by atomic mass is 32.1. The van der Waals surface area contributed by atoms with Gasteiger partial charge in [-0.3, -0.25) is 4.57 Å². The van der Waals surface area contributed by atoms with Gasteiger partial charge in [-0.2, -0.15) is 0 Å². The van der Waals surface area contributed by atoms with Crippen molar-refractivity contribution in [3.8, 4) is 34.0 Å². The third kappa shape index (κ3) is 4.35. The summed E-state index contributed by atoms with van der Waals surface area (Å²) in [5, 5.41) is 7.88. The summed E-state index contributed by atoms with van der Waals surface area (Å²) in [6.07, 6.45) is 3.62. The molecule has 5 aromatic heterocycles. The van der Waals surface area contributed by atoms with Gasteiger partial charge in [-0.15, -0.1) is 11.3 Å². The van der Waals surface area contributed by atoms with Gasteiger partial charge in [0.1, 0.15) is 11.2 Å². The minimum absolute atomic E-state index is 0.624. The van der Waals surface area contributed by atoms with Crippen LogP contribution >= 0.6 is 11.3 Å². The van der Waals surface area contributed by atoms with Gasteiger partial charge in [-0.25, -0.2) is 19.9 Å². The van der Waals surface area contributed by atoms with Gasteiger partial charge in [0.2, 0.25) is 5.95 Å². The molecule has 7 heteroatoms. The van der Waals surface area contributed by atoms with Crippen LogP contribution in [-0.4, -0.2) is 29.1 Å². The standard InChI is InChI=1S/C48H28N6S/c1-3-13-29(14-4-1)30-23-25-31(26-24-30)43-33-17-7-10-20-37(33)51-48(52-43)54-39-22-12-9-19-35(39)42-44-40(41-36-27-49-28-50-47(36)55-46(41)45(42)54)34-18-8-11-21-38(34)53(44)32-15-5-2-6-16-32/h1-28H. The molecule has 0 radical (unpaired) electrons. The molecule has 0 fully saturated rings. The molecule has 0 spiro atoms. The molecule has 0 bridgehead atoms. The zero-order chi connectivity index (χ0) is 36.0. The molecule has 12 aromatic rings. The summed E-state index contributed by atoms with van der Waals surface area (Å²) in [6.45, 7) is 0. The molecule has 0 unspecified atom stereocenters. The number of rotatable bonds is 4. The van der Waals surface area contributed by atoms with E-state index in [4.69, 9.17) is 15.0 Å². The van der Waals surface area contributed by atoms with Gasteiger partial charge in [0.15, 0.2) is 0 Å². The van der Waals surface area contributed by atoms with Crippen LogP contribution < -0.4 is 0 Å². The molecule has 0 aliphatic heterocycles. The molecular formula is C48H28N6S. The molecule has 0 atom stereocenters. The van der Waals surface area contributed by atoms with Crippen molar-refractivity contribution in [3.63, 3.8) is 0 Å². The molecule has 0 aliphatic rings. The van der Waals surface area contributed by atoms with Crippen molar-refractivity contribution in [2.75, 3.05) is 0 Å². The predicted octanol–water partition coefficient (Wildman–Crippen LogP) is 12.3. The molecular weight excluding hydrogens is 693 g/mol. The summed E-state index contributed by atoms with van der Waals surface area (Å²) in [6, 6.07) is 55.6. The summed E-state index contributed by atoms with van der Waals surface area (Å²) in [5.41, 5.74) is 10.7. The molecule has 12 rings (SSSR count). The van der Waals surface area contributed by atoms with E-state index in [-0.39, 0.29) is 0 Å². The van der Waals surface area contributed by atoms with Crippen LogP contribution in [0.3, 0.4) is 0 Å². The Labute approximate surface area is 318 Å². The van der Waals surface area contributed by atoms with Crippen molar-refractivity contribution in [1.82, 2.24) is 29.1 Å². The van der Waals surface area contributed by atoms with E-state index in [2.05, 4.69) is 166 Å². The first kappa shape index (κ1) is 30.3. The Morgan fingerprint density at radius 2 is 1.07 bits per heavy atom. The van der Waals surface area contributed by atoms with E-state index in [9.17, 15) is 0 Å². The van der Waals surface area contributed by atoms with Gasteiger partial charge in [0, 0.05) is 55.2 Å². The van der Waals surface area contributed by atoms with Crippen LogP contribution in [0.25, 0.3) is 109 Å². The molecule has 7 aromatic carbocycles. The van der Waals surface area contributed by atoms with Gasteiger partial charge < -0.3 is 4.57 Å². The van der Waals surface area contributed by atoms with Crippen molar-refractivity contribution < 1.29 is 0 Å². The van der Waals surface area contributed by atoms with Gasteiger partial charge in [0.05, 0.1) is 38.0 Å². The Balaban J connectivity index is 1.26. The molecule has 256 valence electrons. The fraction of sp³-hybridized carbons (Fsp3) is 0. The van der Waals surface area contributed by atoms with E-state index in [1.165, 1.54) is 21.9 Å². The number of benzene rings is 7. The highest BCUT2D eigenvalue weighted by molar-refractivity contribution is 7.26. The van der Waals surface area contributed by atoms with Crippen LogP contribution in [0, 0.1) is 0 Å². The lowest BCUT2D eigenvalue weighted by molar-refractivity contribution is 1.02. The minimum Gasteiger partial charge on any atom is -0.309 e. The zero-order valence-corrected chi connectivity index (χ0v) is 30.1. The van der Waals surface area contributed by atoms with Gasteiger partial charge in [-0.05, 0) is 41.5 Å². The minimum atomic E-state index is 0.624. The highest BCUT2D eigenvalue weighted by Crippen LogP contribution is 2.50. The number of nitrogens with zero attached hydrogens (tertiary/aromatic N) is 6. The molecule has 6 nitrogen and oxygen atoms in total. The third-order valence-electron chi connectivity index (χ3n) is 10.9. The SMILES string of the molecule is c1ccc(-c2ccc(-c3nc(-n4c5ccccc5c5c4c4sc6ncncc6c4c4c6ccccc6n(-c6ccccc6)c45)nc4ccccc34)cc2)cc1. The second-order valence-electron chi connectivity index (χ2n) is 13.9. The number of hydrogen-bond donors (Lipinski definition) is 0. The van der Waals surface area contributed by atoms with Crippen LogP contribution in [-0.2, 0) is 0 Å². The summed E-state index contributed by atoms with van der Waals surface area (Å²) in [7, 11) is 0. The zero-order valence-electron chi connectivity index (χ0n) is 29.3. The third-order valence-corrected chi connectivity index (χ3v) is 12.0. The number of fused-ring (bicyclic) bond motifs is 13. The van der Waals surface area contributed by atoms with Crippen LogP contribution in [0.4, 0.5) is 0 Å². The molecule has 5 heterocycles. The monoisotopic (exact) mass is 720 g/mol. The fourth-order valence-electron chi connectivity index (χ4n) is 8.57. The Kier molecular flexibility index (Phi) is 6.40. The smallest absolute Gasteiger partial charge is 0.235 e. The van der Waals surface area contributed by atoms with Crippen LogP contribution in [0.5, 0.6) is 0 Å². The molecule has 0 aliphatic carbocycles. The number of thiophene rings is 1. The van der Waals surface area contributed by atoms with Crippen molar-refractivity contribution in [1.29, 1.82) is 0 Å². The maximum Gasteiger partial charge on any atom is 0.235 e. The topological polar surface area (TPSA) is 61.4 Å². The fourth-order valence-corrected chi connectivity index (χ4v) is 9.73. The van der Waals surface area contributed by atoms with Crippen molar-refractivity contribution in [2.24, 2.45) is 0 Å². The van der Waals surface area contributed by atoms with E-state index in [1.54, 1.807) is 17.7 Å². The lowest BCUT2D eigenvalue weighted by atomic mass is 10.0. The van der Waals surface area contributed by atoms with E-state index >= 15 is 0 Å². The average molecular weight is 721 g/mol. The molecule has 0 saturated heterocycles. The average Bonchev–Trinajstić information content (AvgIpc) is 3.92. The van der Waals surface area contributed by atoms with Crippen molar-refractivity contribution in [3.05, 3.63) is 170 Å². The second kappa shape index (κ2) is 11.6. The first-order valence-corrected chi connectivity index (χ1v) is 19.1. The highest BCUT2D eigenvalue weighted by Gasteiger charge is 2.28. The summed E-state index contributed by atoms with van der Waals surface area (Å²) in [5.74, 6) is 0.624. The maximum atomic E-state index is 5.50. The second-order valence-corrected chi connectivity index (χ2v) is 14.9. The number of aromatic nitrogens is 6. The Hall–Kier alpha value is -7.22. The van der Waals surface area contributed by atoms with Crippen molar-refractivity contribution >= 4 is 86.2 Å². The van der Waals surface area contributed by atoms with Crippen LogP contribution in [0.1, 0.15) is 0 Å². The van der Waals surface area contributed by atoms with Crippen molar-refractivity contribution in [2.45, 2.75) is 0 Å². The summed E-state index contributed by atoms with van der Waals surface area (Å²) < 4.78 is 5.85. The lowest BCUT2D eigenvalue weighted by Crippen LogP contribution is -2.03. The maximum absolute atomic E-state index is 5.50. The van der Waals surface area contributed by atoms with Gasteiger partial charge in [0.25, 0.3) is 0 Å². The number of para-hydroxylation sites is 4. The predicted molar refractivity (Wildman–Crippen MR) is 228 cm³/mol. The molecule has 0 amide bonds. The lowest BCUT2D eigenvalue weighted by Gasteiger charge is -2.13. The first-order valence-electron chi connectivity index (χ1n) is 18.3. The van der Waals surface area contributed by atoms with E-state index in [1.807, 2.05) is 12.3 Å². The molecule has 0 N–H and O–H groups in total. The van der Waals surface area contributed by atoms with E-state index < -0.39 is 0 Å². The molecule has 55 heavy (non-hydrogen) atoms. The van der Waals surface area contributed by atoms with Crippen LogP contribution in [0.15, 0.2) is 170 Å². The van der Waals surface area contributed by atoms with Gasteiger partial charge >= 0.3 is 0 Å². The van der Waals surface area contributed by atoms with E-state index in [0.717, 1.165) is 81.0 Å². The first-order chi connectivity index (χ1) is 27.3. The van der Waals surface area contributed by atoms with E-state index in [0.29, 0.717) is 5.95 Å².